The molecule has 0 unspecified atom stereocenters. The third kappa shape index (κ3) is 4.35. The molecule has 108 valence electrons. The van der Waals surface area contributed by atoms with Crippen molar-refractivity contribution in [3.8, 4) is 11.8 Å². The Kier molecular flexibility index (Phi) is 5.44. The lowest BCUT2D eigenvalue weighted by Crippen LogP contribution is -1.94. The van der Waals surface area contributed by atoms with Crippen LogP contribution in [-0.4, -0.2) is 6.54 Å². The molecule has 0 aromatic heterocycles. The molecule has 0 bridgehead atoms. The maximum absolute atomic E-state index is 13.6. The predicted molar refractivity (Wildman–Crippen MR) is 87.8 cm³/mol. The highest BCUT2D eigenvalue weighted by Gasteiger charge is 2.03. The van der Waals surface area contributed by atoms with Crippen LogP contribution in [0.3, 0.4) is 0 Å². The normalized spacial score (nSPS) is 10.1. The van der Waals surface area contributed by atoms with Crippen LogP contribution in [0.4, 0.5) is 4.39 Å². The molecule has 1 nitrogen and oxygen atoms in total. The number of rotatable bonds is 3. The highest BCUT2D eigenvalue weighted by molar-refractivity contribution is 7.98. The minimum absolute atomic E-state index is 0.237. The highest BCUT2D eigenvalue weighted by Crippen LogP contribution is 2.25. The molecular weight excluding hydrogens is 281 g/mol. The van der Waals surface area contributed by atoms with Crippen molar-refractivity contribution >= 4 is 11.8 Å². The maximum Gasteiger partial charge on any atom is 0.138 e. The molecule has 2 rings (SSSR count). The van der Waals surface area contributed by atoms with Crippen LogP contribution in [0.1, 0.15) is 22.3 Å². The number of aryl methyl sites for hydroxylation is 2. The predicted octanol–water partition coefficient (Wildman–Crippen LogP) is 4.05. The van der Waals surface area contributed by atoms with E-state index in [-0.39, 0.29) is 12.4 Å². The molecule has 0 saturated carbocycles. The molecule has 21 heavy (non-hydrogen) atoms. The van der Waals surface area contributed by atoms with Gasteiger partial charge in [-0.3, -0.25) is 0 Å². The molecule has 0 aliphatic heterocycles. The Hall–Kier alpha value is -1.76. The van der Waals surface area contributed by atoms with E-state index in [0.29, 0.717) is 5.56 Å². The fourth-order valence-corrected chi connectivity index (χ4v) is 2.81. The Morgan fingerprint density at radius 2 is 1.90 bits per heavy atom. The van der Waals surface area contributed by atoms with Crippen LogP contribution in [0.2, 0.25) is 0 Å². The van der Waals surface area contributed by atoms with Crippen molar-refractivity contribution in [2.45, 2.75) is 24.5 Å². The lowest BCUT2D eigenvalue weighted by molar-refractivity contribution is 0.624. The molecular formula is C18H18FNS. The Labute approximate surface area is 129 Å². The van der Waals surface area contributed by atoms with E-state index >= 15 is 0 Å². The summed E-state index contributed by atoms with van der Waals surface area (Å²) in [4.78, 5) is 1.22. The molecule has 0 aliphatic rings. The van der Waals surface area contributed by atoms with Crippen molar-refractivity contribution < 1.29 is 4.39 Å². The van der Waals surface area contributed by atoms with Gasteiger partial charge in [0.25, 0.3) is 0 Å². The van der Waals surface area contributed by atoms with E-state index < -0.39 is 0 Å². The first-order valence-electron chi connectivity index (χ1n) is 6.77. The van der Waals surface area contributed by atoms with Crippen LogP contribution >= 0.6 is 11.8 Å². The molecule has 2 N–H and O–H groups in total. The van der Waals surface area contributed by atoms with Gasteiger partial charge < -0.3 is 5.73 Å². The van der Waals surface area contributed by atoms with Crippen molar-refractivity contribution in [2.24, 2.45) is 5.73 Å². The number of nitrogens with two attached hydrogens (primary N) is 1. The quantitative estimate of drug-likeness (QED) is 0.683. The molecule has 2 aromatic carbocycles. The lowest BCUT2D eigenvalue weighted by Gasteiger charge is -2.06. The van der Waals surface area contributed by atoms with Gasteiger partial charge in [-0.1, -0.05) is 24.0 Å². The average Bonchev–Trinajstić information content (AvgIpc) is 2.48. The zero-order valence-corrected chi connectivity index (χ0v) is 13.1. The largest absolute Gasteiger partial charge is 0.320 e. The smallest absolute Gasteiger partial charge is 0.138 e. The molecule has 2 aromatic rings. The van der Waals surface area contributed by atoms with Crippen molar-refractivity contribution in [3.63, 3.8) is 0 Å². The van der Waals surface area contributed by atoms with Crippen LogP contribution < -0.4 is 5.73 Å². The Balaban J connectivity index is 2.11. The monoisotopic (exact) mass is 299 g/mol. The number of halogens is 1. The molecule has 0 atom stereocenters. The second-order valence-electron chi connectivity index (χ2n) is 4.85. The molecule has 3 heteroatoms. The summed E-state index contributed by atoms with van der Waals surface area (Å²) < 4.78 is 13.6. The zero-order valence-electron chi connectivity index (χ0n) is 12.2. The van der Waals surface area contributed by atoms with Crippen LogP contribution in [-0.2, 0) is 5.75 Å². The second-order valence-corrected chi connectivity index (χ2v) is 5.90. The van der Waals surface area contributed by atoms with E-state index in [0.717, 1.165) is 11.3 Å². The number of benzene rings is 2. The average molecular weight is 299 g/mol. The molecule has 0 spiro atoms. The lowest BCUT2D eigenvalue weighted by atomic mass is 10.1. The first kappa shape index (κ1) is 15.6. The minimum Gasteiger partial charge on any atom is -0.320 e. The van der Waals surface area contributed by atoms with E-state index in [1.807, 2.05) is 0 Å². The van der Waals surface area contributed by atoms with Crippen molar-refractivity contribution in [2.75, 3.05) is 6.54 Å². The van der Waals surface area contributed by atoms with Gasteiger partial charge >= 0.3 is 0 Å². The molecule has 0 amide bonds. The SMILES string of the molecule is Cc1ccc(SCc2ccc(F)c(C#CCN)c2)cc1C. The Morgan fingerprint density at radius 1 is 1.10 bits per heavy atom. The van der Waals surface area contributed by atoms with E-state index in [1.54, 1.807) is 23.9 Å². The maximum atomic E-state index is 13.6. The summed E-state index contributed by atoms with van der Waals surface area (Å²) in [6.07, 6.45) is 0. The zero-order chi connectivity index (χ0) is 15.2. The van der Waals surface area contributed by atoms with Crippen LogP contribution in [0.25, 0.3) is 0 Å². The Morgan fingerprint density at radius 3 is 2.62 bits per heavy atom. The topological polar surface area (TPSA) is 26.0 Å². The van der Waals surface area contributed by atoms with Crippen LogP contribution in [0.5, 0.6) is 0 Å². The van der Waals surface area contributed by atoms with Gasteiger partial charge in [-0.05, 0) is 54.8 Å². The first-order valence-corrected chi connectivity index (χ1v) is 7.76. The summed E-state index contributed by atoms with van der Waals surface area (Å²) in [5.41, 5.74) is 9.38. The Bertz CT molecular complexity index is 698. The van der Waals surface area contributed by atoms with Gasteiger partial charge in [-0.25, -0.2) is 4.39 Å². The molecule has 0 radical (unpaired) electrons. The third-order valence-electron chi connectivity index (χ3n) is 3.24. The minimum atomic E-state index is -0.295. The molecule has 0 aliphatic carbocycles. The highest BCUT2D eigenvalue weighted by atomic mass is 32.2. The van der Waals surface area contributed by atoms with E-state index in [2.05, 4.69) is 43.9 Å². The van der Waals surface area contributed by atoms with Gasteiger partial charge in [0.1, 0.15) is 5.82 Å². The van der Waals surface area contributed by atoms with E-state index in [4.69, 9.17) is 5.73 Å². The van der Waals surface area contributed by atoms with E-state index in [9.17, 15) is 4.39 Å². The van der Waals surface area contributed by atoms with Gasteiger partial charge in [-0.15, -0.1) is 11.8 Å². The summed E-state index contributed by atoms with van der Waals surface area (Å²) in [7, 11) is 0. The third-order valence-corrected chi connectivity index (χ3v) is 4.30. The molecule has 0 heterocycles. The summed E-state index contributed by atoms with van der Waals surface area (Å²) in [5.74, 6) is 5.96. The number of thioether (sulfide) groups is 1. The van der Waals surface area contributed by atoms with Gasteiger partial charge in [0.15, 0.2) is 0 Å². The first-order chi connectivity index (χ1) is 10.1. The van der Waals surface area contributed by atoms with Crippen molar-refractivity contribution in [1.29, 1.82) is 0 Å². The summed E-state index contributed by atoms with van der Waals surface area (Å²) >= 11 is 1.74. The molecule has 0 fully saturated rings. The van der Waals surface area contributed by atoms with Crippen molar-refractivity contribution in [3.05, 3.63) is 64.5 Å². The second kappa shape index (κ2) is 7.31. The number of hydrogen-bond donors (Lipinski definition) is 1. The van der Waals surface area contributed by atoms with Crippen molar-refractivity contribution in [1.82, 2.24) is 0 Å². The summed E-state index contributed by atoms with van der Waals surface area (Å²) in [5, 5.41) is 0. The fourth-order valence-electron chi connectivity index (χ4n) is 1.87. The number of hydrogen-bond acceptors (Lipinski definition) is 2. The summed E-state index contributed by atoms with van der Waals surface area (Å²) in [6, 6.07) is 11.5. The summed E-state index contributed by atoms with van der Waals surface area (Å²) in [6.45, 7) is 4.45. The van der Waals surface area contributed by atoms with Gasteiger partial charge in [0.2, 0.25) is 0 Å². The van der Waals surface area contributed by atoms with Gasteiger partial charge in [-0.2, -0.15) is 0 Å². The van der Waals surface area contributed by atoms with Gasteiger partial charge in [0, 0.05) is 10.6 Å². The molecule has 0 saturated heterocycles. The van der Waals surface area contributed by atoms with Crippen LogP contribution in [0, 0.1) is 31.5 Å². The van der Waals surface area contributed by atoms with E-state index in [1.165, 1.54) is 22.1 Å². The fraction of sp³-hybridized carbons (Fsp3) is 0.222. The standard InChI is InChI=1S/C18H18FNS/c1-13-5-7-17(10-14(13)2)21-12-15-6-8-18(19)16(11-15)4-3-9-20/h5-8,10-11H,9,12,20H2,1-2H3. The van der Waals surface area contributed by atoms with Gasteiger partial charge in [0.05, 0.1) is 12.1 Å². The van der Waals surface area contributed by atoms with Crippen LogP contribution in [0.15, 0.2) is 41.3 Å².